The molecule has 12 rings (SSSR count). The number of ether oxygens (including phenoxy) is 1. The number of nitrogens with one attached hydrogen (secondary N) is 11. The van der Waals surface area contributed by atoms with Crippen LogP contribution >= 0.6 is 0 Å². The standard InChI is InChI=1S/C26H28F4N8O2.C26H27F3N8O3.C25H27F3N8O2/c1-2-23(40)33-16-4-3-5-17(12-16)34-24-19(26(28,29)30)13-31-25(37-24)36-20-6-7-22(35-21(20)15-39)32-18-8-10-38(14-18)11-9-27;1-3-23(40)32-16-5-4-6-17(11-16)33-24-19(26(27,28)29)12-30-25(36-24)35-20-7-8-22(34-21(20)14-38)31-18-9-10-37(13-18)15(2)39;1-4-22(37)31-16-6-5-7-17(12-16)32-23-18(25(26,27)28)14-30-24(34-23)33-19-15-29-21(13-20(19)38-3)36-10-8-35(2)9-11-36/h2-7,12-13,18,39H,1,8-11,14-15H2,(H,32,35)(H,33,40)(H2,31,34,36,37);3-8,11-12,18,38H,1,9-10,13-14H2,2H3,(H,31,34)(H,32,40)(H2,30,33,35,36);4-7,12-15H,1,8-11H2,2-3H3,(H,31,37)(H2,30,32,33,34). The fourth-order valence-corrected chi connectivity index (χ4v) is 12.0. The van der Waals surface area contributed by atoms with Crippen molar-refractivity contribution in [3.05, 3.63) is 194 Å². The zero-order chi connectivity index (χ0) is 84.8. The molecule has 13 N–H and O–H groups in total. The molecule has 3 aliphatic rings. The molecule has 2 atom stereocenters. The summed E-state index contributed by atoms with van der Waals surface area (Å²) in [6, 6.07) is 26.7. The number of anilines is 18. The monoisotopic (exact) mass is 1640 g/mol. The first-order chi connectivity index (χ1) is 56.4. The van der Waals surface area contributed by atoms with Crippen LogP contribution in [0, 0.1) is 0 Å². The molecular formula is C77H82F10N24O7. The molecule has 3 fully saturated rings. The molecule has 31 nitrogen and oxygen atoms in total. The Bertz CT molecular complexity index is 5060. The molecule has 2 unspecified atom stereocenters. The molecule has 0 aliphatic carbocycles. The molecule has 3 aliphatic heterocycles. The van der Waals surface area contributed by atoms with Crippen molar-refractivity contribution in [3.63, 3.8) is 0 Å². The van der Waals surface area contributed by atoms with Gasteiger partial charge in [0.25, 0.3) is 0 Å². The Morgan fingerprint density at radius 1 is 0.500 bits per heavy atom. The van der Waals surface area contributed by atoms with Crippen LogP contribution in [-0.2, 0) is 50.9 Å². The number of hydrogen-bond acceptors (Lipinski definition) is 27. The summed E-state index contributed by atoms with van der Waals surface area (Å²) in [7, 11) is 3.55. The second-order valence-corrected chi connectivity index (χ2v) is 26.4. The van der Waals surface area contributed by atoms with Gasteiger partial charge in [0.05, 0.1) is 49.3 Å². The van der Waals surface area contributed by atoms with Crippen LogP contribution in [0.2, 0.25) is 0 Å². The Labute approximate surface area is 669 Å². The lowest BCUT2D eigenvalue weighted by Crippen LogP contribution is -2.44. The molecule has 9 aromatic rings. The second kappa shape index (κ2) is 39.8. The molecule has 4 amide bonds. The molecule has 118 heavy (non-hydrogen) atoms. The number of nitrogens with zero attached hydrogens (tertiary/aromatic N) is 13. The highest BCUT2D eigenvalue weighted by molar-refractivity contribution is 6.00. The molecule has 0 spiro atoms. The largest absolute Gasteiger partial charge is 0.494 e. The third kappa shape index (κ3) is 24.6. The number of carbonyl (C=O) groups excluding carboxylic acids is 4. The van der Waals surface area contributed by atoms with Gasteiger partial charge in [-0.05, 0) is 117 Å². The summed E-state index contributed by atoms with van der Waals surface area (Å²) in [4.78, 5) is 91.3. The van der Waals surface area contributed by atoms with E-state index >= 15 is 0 Å². The van der Waals surface area contributed by atoms with E-state index in [1.807, 2.05) is 4.90 Å². The van der Waals surface area contributed by atoms with Gasteiger partial charge in [-0.15, -0.1) is 0 Å². The average Bonchev–Trinajstić information content (AvgIpc) is 0.836. The lowest BCUT2D eigenvalue weighted by Gasteiger charge is -2.33. The molecule has 3 aromatic carbocycles. The van der Waals surface area contributed by atoms with Crippen LogP contribution in [0.15, 0.2) is 166 Å². The van der Waals surface area contributed by atoms with Crippen molar-refractivity contribution in [1.82, 2.24) is 59.6 Å². The Morgan fingerprint density at radius 3 is 1.27 bits per heavy atom. The number of hydrogen-bond donors (Lipinski definition) is 13. The highest BCUT2D eigenvalue weighted by Crippen LogP contribution is 2.40. The predicted octanol–water partition coefficient (Wildman–Crippen LogP) is 12.7. The van der Waals surface area contributed by atoms with Crippen LogP contribution in [-0.4, -0.2) is 185 Å². The number of alkyl halides is 10. The van der Waals surface area contributed by atoms with Crippen molar-refractivity contribution in [2.45, 2.75) is 63.6 Å². The zero-order valence-electron chi connectivity index (χ0n) is 63.6. The van der Waals surface area contributed by atoms with E-state index in [4.69, 9.17) is 4.74 Å². The molecule has 3 saturated heterocycles. The summed E-state index contributed by atoms with van der Waals surface area (Å²) < 4.78 is 142. The maximum absolute atomic E-state index is 13.7. The maximum Gasteiger partial charge on any atom is 0.421 e. The van der Waals surface area contributed by atoms with E-state index < -0.39 is 90.3 Å². The minimum absolute atomic E-state index is 0.00257. The number of methoxy groups -OCH3 is 1. The fraction of sp³-hybridized carbons (Fsp3) is 0.286. The number of pyridine rings is 3. The van der Waals surface area contributed by atoms with E-state index in [-0.39, 0.29) is 64.3 Å². The quantitative estimate of drug-likeness (QED) is 0.0160. The topological polar surface area (TPSA) is 379 Å². The average molecular weight is 1650 g/mol. The predicted molar refractivity (Wildman–Crippen MR) is 426 cm³/mol. The first-order valence-corrected chi connectivity index (χ1v) is 36.2. The SMILES string of the molecule is C=CC(=O)Nc1cccc(Nc2nc(Nc3ccc(NC4CCN(C(C)=O)C4)nc3CO)ncc2C(F)(F)F)c1.C=CC(=O)Nc1cccc(Nc2nc(Nc3ccc(NC4CCN(CCF)C4)nc3CO)ncc2C(F)(F)F)c1.C=CC(=O)Nc1cccc(Nc2nc(Nc3cnc(N4CCN(C)CC4)cc3OC)ncc2C(F)(F)F)c1. The van der Waals surface area contributed by atoms with Gasteiger partial charge >= 0.3 is 18.5 Å². The highest BCUT2D eigenvalue weighted by Gasteiger charge is 2.39. The van der Waals surface area contributed by atoms with E-state index in [9.17, 15) is 73.3 Å². The number of benzene rings is 3. The summed E-state index contributed by atoms with van der Waals surface area (Å²) in [5.41, 5.74) is -0.00948. The van der Waals surface area contributed by atoms with Crippen LogP contribution in [0.4, 0.5) is 148 Å². The van der Waals surface area contributed by atoms with Gasteiger partial charge in [0.1, 0.15) is 69.7 Å². The number of aliphatic hydroxyl groups is 2. The summed E-state index contributed by atoms with van der Waals surface area (Å²) in [5, 5.41) is 50.4. The lowest BCUT2D eigenvalue weighted by molar-refractivity contribution is -0.138. The number of aromatic nitrogens is 9. The number of carbonyl (C=O) groups is 4. The van der Waals surface area contributed by atoms with E-state index in [1.165, 1.54) is 50.6 Å². The minimum Gasteiger partial charge on any atom is -0.494 e. The molecule has 41 heteroatoms. The first-order valence-electron chi connectivity index (χ1n) is 36.2. The number of likely N-dealkylation sites (N-methyl/N-ethyl adjacent to an activating group) is 1. The summed E-state index contributed by atoms with van der Waals surface area (Å²) in [5.74, 6) is -1.19. The van der Waals surface area contributed by atoms with Gasteiger partial charge in [-0.3, -0.25) is 24.1 Å². The molecule has 0 bridgehead atoms. The third-order valence-electron chi connectivity index (χ3n) is 17.9. The smallest absolute Gasteiger partial charge is 0.421 e. The summed E-state index contributed by atoms with van der Waals surface area (Å²) in [6.45, 7) is 16.7. The van der Waals surface area contributed by atoms with E-state index in [0.29, 0.717) is 96.3 Å². The van der Waals surface area contributed by atoms with Crippen molar-refractivity contribution in [3.8, 4) is 5.75 Å². The number of halogens is 10. The molecular weight excluding hydrogens is 1560 g/mol. The van der Waals surface area contributed by atoms with Crippen LogP contribution in [0.25, 0.3) is 0 Å². The highest BCUT2D eigenvalue weighted by atomic mass is 19.4. The van der Waals surface area contributed by atoms with Gasteiger partial charge in [0, 0.05) is 137 Å². The van der Waals surface area contributed by atoms with Crippen molar-refractivity contribution in [2.75, 3.05) is 143 Å². The van der Waals surface area contributed by atoms with Crippen LogP contribution in [0.1, 0.15) is 47.8 Å². The van der Waals surface area contributed by atoms with Crippen molar-refractivity contribution < 1.29 is 78.0 Å². The molecule has 0 radical (unpaired) electrons. The zero-order valence-corrected chi connectivity index (χ0v) is 63.6. The van der Waals surface area contributed by atoms with Crippen molar-refractivity contribution in [1.29, 1.82) is 0 Å². The van der Waals surface area contributed by atoms with Gasteiger partial charge in [0.15, 0.2) is 0 Å². The summed E-state index contributed by atoms with van der Waals surface area (Å²) >= 11 is 0. The van der Waals surface area contributed by atoms with Gasteiger partial charge in [-0.2, -0.15) is 54.5 Å². The molecule has 6 aromatic heterocycles. The fourth-order valence-electron chi connectivity index (χ4n) is 12.0. The number of likely N-dealkylation sites (tertiary alicyclic amines) is 2. The minimum atomic E-state index is -4.75. The Morgan fingerprint density at radius 2 is 0.898 bits per heavy atom. The maximum atomic E-state index is 13.7. The summed E-state index contributed by atoms with van der Waals surface area (Å²) in [6.07, 6.45) is -5.91. The van der Waals surface area contributed by atoms with Crippen LogP contribution in [0.3, 0.4) is 0 Å². The Balaban J connectivity index is 0.000000186. The number of rotatable bonds is 28. The van der Waals surface area contributed by atoms with Crippen molar-refractivity contribution >= 4 is 128 Å². The van der Waals surface area contributed by atoms with E-state index in [1.54, 1.807) is 77.7 Å². The number of piperazine rings is 1. The Kier molecular flexibility index (Phi) is 29.3. The lowest BCUT2D eigenvalue weighted by atomic mass is 10.2. The van der Waals surface area contributed by atoms with Crippen LogP contribution in [0.5, 0.6) is 5.75 Å². The van der Waals surface area contributed by atoms with Gasteiger partial charge < -0.3 is 88.1 Å². The van der Waals surface area contributed by atoms with Gasteiger partial charge in [0.2, 0.25) is 41.5 Å². The second-order valence-electron chi connectivity index (χ2n) is 26.4. The normalized spacial score (nSPS) is 14.8. The Hall–Kier alpha value is -13.4. The molecule has 9 heterocycles. The third-order valence-corrected chi connectivity index (χ3v) is 17.9. The molecule has 622 valence electrons. The van der Waals surface area contributed by atoms with Crippen molar-refractivity contribution in [2.24, 2.45) is 0 Å². The first kappa shape index (κ1) is 87.0. The van der Waals surface area contributed by atoms with Gasteiger partial charge in [-0.25, -0.2) is 34.3 Å². The van der Waals surface area contributed by atoms with Crippen LogP contribution < -0.4 is 68.1 Å². The van der Waals surface area contributed by atoms with Gasteiger partial charge in [-0.1, -0.05) is 37.9 Å². The molecule has 0 saturated carbocycles. The van der Waals surface area contributed by atoms with E-state index in [0.717, 1.165) is 69.6 Å². The number of amides is 4. The number of aliphatic hydroxyl groups excluding tert-OH is 2. The van der Waals surface area contributed by atoms with E-state index in [2.05, 4.69) is 140 Å².